The number of carbonyl (C=O) groups excluding carboxylic acids is 1. The maximum atomic E-state index is 12.8. The van der Waals surface area contributed by atoms with E-state index in [1.54, 1.807) is 0 Å². The van der Waals surface area contributed by atoms with Crippen LogP contribution in [0.25, 0.3) is 0 Å². The first-order chi connectivity index (χ1) is 12.5. The highest BCUT2D eigenvalue weighted by atomic mass is 19.4. The van der Waals surface area contributed by atoms with Crippen LogP contribution in [-0.4, -0.2) is 16.5 Å². The lowest BCUT2D eigenvalue weighted by Crippen LogP contribution is -2.40. The van der Waals surface area contributed by atoms with Crippen molar-refractivity contribution in [3.8, 4) is 0 Å². The molecular weight excluding hydrogens is 357 g/mol. The van der Waals surface area contributed by atoms with Gasteiger partial charge in [0.2, 0.25) is 5.91 Å². The van der Waals surface area contributed by atoms with Crippen molar-refractivity contribution in [1.82, 2.24) is 9.88 Å². The molecule has 0 bridgehead atoms. The van der Waals surface area contributed by atoms with Gasteiger partial charge < -0.3 is 9.88 Å². The summed E-state index contributed by atoms with van der Waals surface area (Å²) in [4.78, 5) is 24.0. The Labute approximate surface area is 156 Å². The maximum Gasteiger partial charge on any atom is 0.417 e. The van der Waals surface area contributed by atoms with Gasteiger partial charge in [0.1, 0.15) is 6.54 Å². The Bertz CT molecular complexity index is 842. The van der Waals surface area contributed by atoms with Crippen LogP contribution in [0.5, 0.6) is 0 Å². The van der Waals surface area contributed by atoms with Gasteiger partial charge in [0.05, 0.1) is 5.56 Å². The lowest BCUT2D eigenvalue weighted by Gasteiger charge is -2.29. The molecule has 0 aliphatic carbocycles. The molecule has 2 aromatic rings. The van der Waals surface area contributed by atoms with Gasteiger partial charge in [-0.2, -0.15) is 13.2 Å². The molecular formula is C20H23F3N2O2. The molecule has 27 heavy (non-hydrogen) atoms. The molecule has 0 fully saturated rings. The van der Waals surface area contributed by atoms with Crippen molar-refractivity contribution in [2.24, 2.45) is 0 Å². The van der Waals surface area contributed by atoms with Gasteiger partial charge in [-0.3, -0.25) is 9.59 Å². The summed E-state index contributed by atoms with van der Waals surface area (Å²) in [6.07, 6.45) is -3.26. The first-order valence-electron chi connectivity index (χ1n) is 8.61. The summed E-state index contributed by atoms with van der Waals surface area (Å²) in [5.74, 6) is -0.507. The Balaban J connectivity index is 2.02. The monoisotopic (exact) mass is 380 g/mol. The lowest BCUT2D eigenvalue weighted by molar-refractivity contribution is -0.138. The minimum Gasteiger partial charge on any atom is -0.352 e. The highest BCUT2D eigenvalue weighted by molar-refractivity contribution is 5.76. The molecule has 0 aliphatic rings. The molecule has 0 spiro atoms. The van der Waals surface area contributed by atoms with E-state index in [4.69, 9.17) is 0 Å². The third-order valence-electron chi connectivity index (χ3n) is 4.40. The maximum absolute atomic E-state index is 12.8. The quantitative estimate of drug-likeness (QED) is 0.830. The minimum absolute atomic E-state index is 0.193. The summed E-state index contributed by atoms with van der Waals surface area (Å²) in [5.41, 5.74) is -0.690. The number of benzene rings is 1. The van der Waals surface area contributed by atoms with Gasteiger partial charge in [0.15, 0.2) is 0 Å². The number of nitrogens with zero attached hydrogens (tertiary/aromatic N) is 1. The molecule has 0 aliphatic heterocycles. The van der Waals surface area contributed by atoms with Crippen LogP contribution in [-0.2, 0) is 22.9 Å². The average molecular weight is 380 g/mol. The molecule has 7 heteroatoms. The summed E-state index contributed by atoms with van der Waals surface area (Å²) in [5, 5.41) is 2.76. The van der Waals surface area contributed by atoms with Crippen molar-refractivity contribution in [2.45, 2.75) is 51.4 Å². The van der Waals surface area contributed by atoms with Gasteiger partial charge in [0, 0.05) is 18.3 Å². The summed E-state index contributed by atoms with van der Waals surface area (Å²) in [6.45, 7) is 5.49. The number of aromatic nitrogens is 1. The molecule has 0 saturated carbocycles. The Morgan fingerprint density at radius 3 is 2.30 bits per heavy atom. The van der Waals surface area contributed by atoms with Crippen LogP contribution in [0.15, 0.2) is 53.5 Å². The zero-order chi connectivity index (χ0) is 20.2. The lowest BCUT2D eigenvalue weighted by atomic mass is 9.79. The van der Waals surface area contributed by atoms with E-state index in [1.165, 1.54) is 0 Å². The Morgan fingerprint density at radius 1 is 1.07 bits per heavy atom. The zero-order valence-electron chi connectivity index (χ0n) is 15.5. The largest absolute Gasteiger partial charge is 0.417 e. The van der Waals surface area contributed by atoms with E-state index in [2.05, 4.69) is 19.2 Å². The molecule has 0 radical (unpaired) electrons. The van der Waals surface area contributed by atoms with E-state index in [0.717, 1.165) is 16.2 Å². The van der Waals surface area contributed by atoms with Crippen LogP contribution in [0.4, 0.5) is 13.2 Å². The molecule has 1 N–H and O–H groups in total. The second-order valence-electron chi connectivity index (χ2n) is 7.30. The molecule has 0 saturated heterocycles. The number of hydrogen-bond acceptors (Lipinski definition) is 2. The molecule has 1 unspecified atom stereocenters. The fourth-order valence-electron chi connectivity index (χ4n) is 3.12. The number of pyridine rings is 1. The van der Waals surface area contributed by atoms with Crippen molar-refractivity contribution in [3.05, 3.63) is 70.1 Å². The summed E-state index contributed by atoms with van der Waals surface area (Å²) >= 11 is 0. The average Bonchev–Trinajstić information content (AvgIpc) is 2.56. The van der Waals surface area contributed by atoms with Gasteiger partial charge in [-0.15, -0.1) is 0 Å². The van der Waals surface area contributed by atoms with Gasteiger partial charge >= 0.3 is 6.18 Å². The normalized spacial score (nSPS) is 13.3. The molecule has 1 heterocycles. The molecule has 146 valence electrons. The standard InChI is InChI=1S/C20H23F3N2O2/c1-14(11-19(2,3)15-7-5-4-6-8-15)24-17(26)13-25-12-16(20(21,22)23)9-10-18(25)27/h4-10,12,14H,11,13H2,1-3H3,(H,24,26). The molecule has 1 aromatic carbocycles. The van der Waals surface area contributed by atoms with Crippen molar-refractivity contribution in [2.75, 3.05) is 0 Å². The summed E-state index contributed by atoms with van der Waals surface area (Å²) in [7, 11) is 0. The minimum atomic E-state index is -4.57. The summed E-state index contributed by atoms with van der Waals surface area (Å²) < 4.78 is 39.1. The number of carbonyl (C=O) groups is 1. The Hall–Kier alpha value is -2.57. The number of hydrogen-bond donors (Lipinski definition) is 1. The van der Waals surface area contributed by atoms with E-state index >= 15 is 0 Å². The van der Waals surface area contributed by atoms with Crippen LogP contribution < -0.4 is 10.9 Å². The molecule has 2 rings (SSSR count). The van der Waals surface area contributed by atoms with E-state index in [-0.39, 0.29) is 11.5 Å². The predicted octanol–water partition coefficient (Wildman–Crippen LogP) is 3.74. The van der Waals surface area contributed by atoms with E-state index in [0.29, 0.717) is 18.7 Å². The fourth-order valence-corrected chi connectivity index (χ4v) is 3.12. The second kappa shape index (κ2) is 7.98. The van der Waals surface area contributed by atoms with Gasteiger partial charge in [-0.25, -0.2) is 0 Å². The molecule has 1 amide bonds. The second-order valence-corrected chi connectivity index (χ2v) is 7.30. The number of halogens is 3. The van der Waals surface area contributed by atoms with Gasteiger partial charge in [0.25, 0.3) is 5.56 Å². The van der Waals surface area contributed by atoms with Crippen molar-refractivity contribution in [3.63, 3.8) is 0 Å². The Kier molecular flexibility index (Phi) is 6.13. The molecule has 4 nitrogen and oxygen atoms in total. The molecule has 1 atom stereocenters. The van der Waals surface area contributed by atoms with E-state index in [1.807, 2.05) is 37.3 Å². The van der Waals surface area contributed by atoms with Gasteiger partial charge in [-0.1, -0.05) is 44.2 Å². The van der Waals surface area contributed by atoms with Gasteiger partial charge in [-0.05, 0) is 30.4 Å². The smallest absolute Gasteiger partial charge is 0.352 e. The van der Waals surface area contributed by atoms with Crippen LogP contribution in [0.3, 0.4) is 0 Å². The van der Waals surface area contributed by atoms with Crippen LogP contribution in [0, 0.1) is 0 Å². The van der Waals surface area contributed by atoms with Crippen molar-refractivity contribution in [1.29, 1.82) is 0 Å². The third kappa shape index (κ3) is 5.70. The highest BCUT2D eigenvalue weighted by Crippen LogP contribution is 2.29. The van der Waals surface area contributed by atoms with E-state index < -0.39 is 29.8 Å². The Morgan fingerprint density at radius 2 is 1.70 bits per heavy atom. The summed E-state index contributed by atoms with van der Waals surface area (Å²) in [6, 6.07) is 11.2. The number of nitrogens with one attached hydrogen (secondary N) is 1. The molecule has 1 aromatic heterocycles. The number of amides is 1. The van der Waals surface area contributed by atoms with Crippen LogP contribution >= 0.6 is 0 Å². The van der Waals surface area contributed by atoms with Crippen molar-refractivity contribution >= 4 is 5.91 Å². The van der Waals surface area contributed by atoms with E-state index in [9.17, 15) is 22.8 Å². The van der Waals surface area contributed by atoms with Crippen LogP contribution in [0.1, 0.15) is 38.3 Å². The fraction of sp³-hybridized carbons (Fsp3) is 0.400. The van der Waals surface area contributed by atoms with Crippen molar-refractivity contribution < 1.29 is 18.0 Å². The SMILES string of the molecule is CC(CC(C)(C)c1ccccc1)NC(=O)Cn1cc(C(F)(F)F)ccc1=O. The first-order valence-corrected chi connectivity index (χ1v) is 8.61. The third-order valence-corrected chi connectivity index (χ3v) is 4.40. The number of alkyl halides is 3. The predicted molar refractivity (Wildman–Crippen MR) is 97.4 cm³/mol. The van der Waals surface area contributed by atoms with Crippen LogP contribution in [0.2, 0.25) is 0 Å². The zero-order valence-corrected chi connectivity index (χ0v) is 15.5. The topological polar surface area (TPSA) is 51.1 Å². The first kappa shape index (κ1) is 20.7. The number of rotatable bonds is 6. The highest BCUT2D eigenvalue weighted by Gasteiger charge is 2.31.